The van der Waals surface area contributed by atoms with Crippen LogP contribution in [0.25, 0.3) is 0 Å². The summed E-state index contributed by atoms with van der Waals surface area (Å²) in [5.41, 5.74) is 6.40. The molecule has 2 rings (SSSR count). The zero-order chi connectivity index (χ0) is 11.4. The SMILES string of the molecule is Nc1cc(Cl)ccc1OCC1CCOCC1. The van der Waals surface area contributed by atoms with Crippen LogP contribution in [0.3, 0.4) is 0 Å². The van der Waals surface area contributed by atoms with Crippen molar-refractivity contribution in [3.63, 3.8) is 0 Å². The van der Waals surface area contributed by atoms with Gasteiger partial charge < -0.3 is 15.2 Å². The maximum atomic E-state index is 5.81. The summed E-state index contributed by atoms with van der Waals surface area (Å²) in [5.74, 6) is 1.29. The number of anilines is 1. The standard InChI is InChI=1S/C12H16ClNO2/c13-10-1-2-12(11(14)7-10)16-8-9-3-5-15-6-4-9/h1-2,7,9H,3-6,8,14H2. The Kier molecular flexibility index (Phi) is 3.91. The van der Waals surface area contributed by atoms with E-state index in [4.69, 9.17) is 26.8 Å². The van der Waals surface area contributed by atoms with E-state index in [1.165, 1.54) is 0 Å². The van der Waals surface area contributed by atoms with Gasteiger partial charge in [0.05, 0.1) is 12.3 Å². The Morgan fingerprint density at radius 3 is 2.81 bits per heavy atom. The van der Waals surface area contributed by atoms with Crippen LogP contribution in [0.2, 0.25) is 5.02 Å². The average molecular weight is 242 g/mol. The third kappa shape index (κ3) is 3.03. The van der Waals surface area contributed by atoms with Gasteiger partial charge >= 0.3 is 0 Å². The van der Waals surface area contributed by atoms with E-state index in [1.54, 1.807) is 12.1 Å². The van der Waals surface area contributed by atoms with Crippen LogP contribution in [0.15, 0.2) is 18.2 Å². The van der Waals surface area contributed by atoms with Crippen LogP contribution in [-0.2, 0) is 4.74 Å². The lowest BCUT2D eigenvalue weighted by Gasteiger charge is -2.22. The number of ether oxygens (including phenoxy) is 2. The molecule has 0 aromatic heterocycles. The van der Waals surface area contributed by atoms with Gasteiger partial charge in [-0.25, -0.2) is 0 Å². The lowest BCUT2D eigenvalue weighted by Crippen LogP contribution is -2.21. The minimum Gasteiger partial charge on any atom is -0.491 e. The van der Waals surface area contributed by atoms with E-state index >= 15 is 0 Å². The van der Waals surface area contributed by atoms with Crippen molar-refractivity contribution in [2.75, 3.05) is 25.6 Å². The van der Waals surface area contributed by atoms with Crippen LogP contribution in [0.4, 0.5) is 5.69 Å². The van der Waals surface area contributed by atoms with Crippen molar-refractivity contribution in [1.82, 2.24) is 0 Å². The molecule has 1 aromatic carbocycles. The summed E-state index contributed by atoms with van der Waals surface area (Å²) in [5, 5.41) is 0.635. The molecule has 1 saturated heterocycles. The van der Waals surface area contributed by atoms with Crippen molar-refractivity contribution in [3.05, 3.63) is 23.2 Å². The highest BCUT2D eigenvalue weighted by Gasteiger charge is 2.14. The maximum Gasteiger partial charge on any atom is 0.142 e. The van der Waals surface area contributed by atoms with E-state index in [1.807, 2.05) is 6.07 Å². The van der Waals surface area contributed by atoms with Crippen LogP contribution in [0.1, 0.15) is 12.8 Å². The molecule has 2 N–H and O–H groups in total. The summed E-state index contributed by atoms with van der Waals surface area (Å²) >= 11 is 5.81. The smallest absolute Gasteiger partial charge is 0.142 e. The number of benzene rings is 1. The van der Waals surface area contributed by atoms with Crippen molar-refractivity contribution in [1.29, 1.82) is 0 Å². The lowest BCUT2D eigenvalue weighted by molar-refractivity contribution is 0.0499. The molecule has 0 aliphatic carbocycles. The molecule has 4 heteroatoms. The minimum atomic E-state index is 0.573. The van der Waals surface area contributed by atoms with Gasteiger partial charge in [0, 0.05) is 18.2 Å². The van der Waals surface area contributed by atoms with Crippen LogP contribution in [0, 0.1) is 5.92 Å². The highest BCUT2D eigenvalue weighted by Crippen LogP contribution is 2.26. The van der Waals surface area contributed by atoms with Gasteiger partial charge in [0.15, 0.2) is 0 Å². The molecule has 0 spiro atoms. The van der Waals surface area contributed by atoms with E-state index in [9.17, 15) is 0 Å². The summed E-state index contributed by atoms with van der Waals surface area (Å²) in [4.78, 5) is 0. The number of halogens is 1. The Morgan fingerprint density at radius 1 is 1.38 bits per heavy atom. The van der Waals surface area contributed by atoms with Crippen LogP contribution in [0.5, 0.6) is 5.75 Å². The molecular weight excluding hydrogens is 226 g/mol. The van der Waals surface area contributed by atoms with Crippen molar-refractivity contribution in [2.24, 2.45) is 5.92 Å². The first-order valence-electron chi connectivity index (χ1n) is 5.51. The molecule has 1 aliphatic rings. The molecule has 1 aliphatic heterocycles. The van der Waals surface area contributed by atoms with Crippen LogP contribution >= 0.6 is 11.6 Å². The van der Waals surface area contributed by atoms with Gasteiger partial charge in [0.1, 0.15) is 5.75 Å². The third-order valence-electron chi connectivity index (χ3n) is 2.79. The summed E-state index contributed by atoms with van der Waals surface area (Å²) in [6.07, 6.45) is 2.13. The normalized spacial score (nSPS) is 17.3. The predicted octanol–water partition coefficient (Wildman–Crippen LogP) is 2.73. The molecule has 0 radical (unpaired) electrons. The summed E-state index contributed by atoms with van der Waals surface area (Å²) in [7, 11) is 0. The Morgan fingerprint density at radius 2 is 2.12 bits per heavy atom. The van der Waals surface area contributed by atoms with Crippen LogP contribution < -0.4 is 10.5 Å². The van der Waals surface area contributed by atoms with Crippen molar-refractivity contribution in [2.45, 2.75) is 12.8 Å². The monoisotopic (exact) mass is 241 g/mol. The second-order valence-electron chi connectivity index (χ2n) is 4.05. The number of nitrogens with two attached hydrogens (primary N) is 1. The fraction of sp³-hybridized carbons (Fsp3) is 0.500. The molecule has 16 heavy (non-hydrogen) atoms. The van der Waals surface area contributed by atoms with Crippen LogP contribution in [-0.4, -0.2) is 19.8 Å². The predicted molar refractivity (Wildman–Crippen MR) is 64.9 cm³/mol. The molecule has 88 valence electrons. The van der Waals surface area contributed by atoms with Gasteiger partial charge in [0.25, 0.3) is 0 Å². The Bertz CT molecular complexity index is 351. The van der Waals surface area contributed by atoms with Gasteiger partial charge in [0.2, 0.25) is 0 Å². The molecular formula is C12H16ClNO2. The maximum absolute atomic E-state index is 5.81. The molecule has 1 heterocycles. The molecule has 0 saturated carbocycles. The first-order valence-corrected chi connectivity index (χ1v) is 5.89. The van der Waals surface area contributed by atoms with Gasteiger partial charge in [-0.15, -0.1) is 0 Å². The van der Waals surface area contributed by atoms with Crippen molar-refractivity contribution < 1.29 is 9.47 Å². The van der Waals surface area contributed by atoms with Gasteiger partial charge in [-0.05, 0) is 37.0 Å². The molecule has 0 amide bonds. The fourth-order valence-corrected chi connectivity index (χ4v) is 1.95. The fourth-order valence-electron chi connectivity index (χ4n) is 1.77. The summed E-state index contributed by atoms with van der Waals surface area (Å²) in [6.45, 7) is 2.38. The lowest BCUT2D eigenvalue weighted by atomic mass is 10.0. The summed E-state index contributed by atoms with van der Waals surface area (Å²) < 4.78 is 11.0. The molecule has 3 nitrogen and oxygen atoms in total. The van der Waals surface area contributed by atoms with E-state index in [2.05, 4.69) is 0 Å². The third-order valence-corrected chi connectivity index (χ3v) is 3.02. The van der Waals surface area contributed by atoms with E-state index < -0.39 is 0 Å². The molecule has 0 unspecified atom stereocenters. The second-order valence-corrected chi connectivity index (χ2v) is 4.49. The molecule has 0 atom stereocenters. The number of hydrogen-bond donors (Lipinski definition) is 1. The quantitative estimate of drug-likeness (QED) is 0.828. The van der Waals surface area contributed by atoms with Gasteiger partial charge in [-0.3, -0.25) is 0 Å². The highest BCUT2D eigenvalue weighted by molar-refractivity contribution is 6.30. The first kappa shape index (κ1) is 11.6. The second kappa shape index (κ2) is 5.41. The molecule has 0 bridgehead atoms. The number of hydrogen-bond acceptors (Lipinski definition) is 3. The number of rotatable bonds is 3. The summed E-state index contributed by atoms with van der Waals surface area (Å²) in [6, 6.07) is 5.31. The minimum absolute atomic E-state index is 0.573. The average Bonchev–Trinajstić information content (AvgIpc) is 2.29. The van der Waals surface area contributed by atoms with Gasteiger partial charge in [-0.2, -0.15) is 0 Å². The zero-order valence-electron chi connectivity index (χ0n) is 9.12. The number of nitrogen functional groups attached to an aromatic ring is 1. The topological polar surface area (TPSA) is 44.5 Å². The van der Waals surface area contributed by atoms with E-state index in [0.29, 0.717) is 23.2 Å². The van der Waals surface area contributed by atoms with E-state index in [0.717, 1.165) is 31.8 Å². The molecule has 1 fully saturated rings. The molecule has 1 aromatic rings. The Hall–Kier alpha value is -0.930. The highest BCUT2D eigenvalue weighted by atomic mass is 35.5. The largest absolute Gasteiger partial charge is 0.491 e. The first-order chi connectivity index (χ1) is 7.75. The Labute approximate surface area is 100 Å². The van der Waals surface area contributed by atoms with Gasteiger partial charge in [-0.1, -0.05) is 11.6 Å². The van der Waals surface area contributed by atoms with E-state index in [-0.39, 0.29) is 0 Å². The van der Waals surface area contributed by atoms with Crippen molar-refractivity contribution in [3.8, 4) is 5.75 Å². The Balaban J connectivity index is 1.88. The van der Waals surface area contributed by atoms with Crippen molar-refractivity contribution >= 4 is 17.3 Å². The zero-order valence-corrected chi connectivity index (χ0v) is 9.87.